The smallest absolute Gasteiger partial charge is 0.0349 e. The molecule has 16 heavy (non-hydrogen) atoms. The quantitative estimate of drug-likeness (QED) is 0.853. The largest absolute Gasteiger partial charge is 0.326 e. The van der Waals surface area contributed by atoms with Crippen molar-refractivity contribution in [3.63, 3.8) is 0 Å². The second kappa shape index (κ2) is 4.95. The molecule has 1 aromatic heterocycles. The molecule has 3 heteroatoms. The molecule has 0 aliphatic rings. The molecule has 0 amide bonds. The van der Waals surface area contributed by atoms with Crippen LogP contribution in [0, 0.1) is 0 Å². The Morgan fingerprint density at radius 3 is 2.81 bits per heavy atom. The molecule has 1 aromatic carbocycles. The van der Waals surface area contributed by atoms with Gasteiger partial charge in [0.15, 0.2) is 0 Å². The topological polar surface area (TPSA) is 38.0 Å². The molecular formula is C13H18N2S. The van der Waals surface area contributed by atoms with E-state index < -0.39 is 0 Å². The van der Waals surface area contributed by atoms with E-state index in [0.717, 1.165) is 6.54 Å². The van der Waals surface area contributed by atoms with Crippen LogP contribution < -0.4 is 11.1 Å². The lowest BCUT2D eigenvalue weighted by Gasteiger charge is -2.04. The van der Waals surface area contributed by atoms with Crippen molar-refractivity contribution in [2.24, 2.45) is 5.73 Å². The lowest BCUT2D eigenvalue weighted by atomic mass is 10.2. The summed E-state index contributed by atoms with van der Waals surface area (Å²) in [7, 11) is 0. The van der Waals surface area contributed by atoms with Gasteiger partial charge in [0.1, 0.15) is 0 Å². The number of benzene rings is 1. The molecule has 0 unspecified atom stereocenters. The van der Waals surface area contributed by atoms with E-state index in [4.69, 9.17) is 5.73 Å². The summed E-state index contributed by atoms with van der Waals surface area (Å²) in [6, 6.07) is 9.25. The molecule has 3 N–H and O–H groups in total. The summed E-state index contributed by atoms with van der Waals surface area (Å²) in [6.45, 7) is 5.90. The maximum absolute atomic E-state index is 5.64. The highest BCUT2D eigenvalue weighted by atomic mass is 32.1. The van der Waals surface area contributed by atoms with Crippen molar-refractivity contribution in [3.8, 4) is 0 Å². The number of thiophene rings is 1. The first-order valence-corrected chi connectivity index (χ1v) is 6.45. The van der Waals surface area contributed by atoms with Crippen molar-refractivity contribution in [2.75, 3.05) is 0 Å². The molecule has 2 nitrogen and oxygen atoms in total. The van der Waals surface area contributed by atoms with Crippen LogP contribution in [0.2, 0.25) is 0 Å². The van der Waals surface area contributed by atoms with Crippen molar-refractivity contribution in [3.05, 3.63) is 34.7 Å². The molecule has 0 spiro atoms. The van der Waals surface area contributed by atoms with Crippen LogP contribution in [-0.2, 0) is 13.1 Å². The van der Waals surface area contributed by atoms with Gasteiger partial charge in [-0.15, -0.1) is 11.3 Å². The van der Waals surface area contributed by atoms with Crippen LogP contribution in [0.3, 0.4) is 0 Å². The Morgan fingerprint density at radius 1 is 1.31 bits per heavy atom. The fourth-order valence-corrected chi connectivity index (χ4v) is 2.73. The number of rotatable bonds is 4. The van der Waals surface area contributed by atoms with Crippen molar-refractivity contribution >= 4 is 21.4 Å². The first kappa shape index (κ1) is 11.6. The van der Waals surface area contributed by atoms with Gasteiger partial charge in [0, 0.05) is 28.7 Å². The lowest BCUT2D eigenvalue weighted by Crippen LogP contribution is -2.21. The molecule has 0 saturated heterocycles. The number of hydrogen-bond donors (Lipinski definition) is 2. The van der Waals surface area contributed by atoms with Crippen LogP contribution in [0.1, 0.15) is 24.3 Å². The Morgan fingerprint density at radius 2 is 2.12 bits per heavy atom. The zero-order valence-electron chi connectivity index (χ0n) is 9.79. The number of nitrogens with one attached hydrogen (secondary N) is 1. The normalized spacial score (nSPS) is 11.5. The summed E-state index contributed by atoms with van der Waals surface area (Å²) in [5, 5.41) is 4.76. The summed E-state index contributed by atoms with van der Waals surface area (Å²) in [6.07, 6.45) is 0. The standard InChI is InChI=1S/C13H18N2S/c1-9(2)15-8-12-6-11-4-3-10(7-14)5-13(11)16-12/h3-6,9,15H,7-8,14H2,1-2H3. The van der Waals surface area contributed by atoms with Gasteiger partial charge in [0.05, 0.1) is 0 Å². The molecule has 0 bridgehead atoms. The van der Waals surface area contributed by atoms with E-state index in [-0.39, 0.29) is 0 Å². The van der Waals surface area contributed by atoms with Crippen molar-refractivity contribution in [1.82, 2.24) is 5.32 Å². The second-order valence-electron chi connectivity index (χ2n) is 4.32. The first-order chi connectivity index (χ1) is 7.69. The van der Waals surface area contributed by atoms with E-state index in [1.165, 1.54) is 20.5 Å². The summed E-state index contributed by atoms with van der Waals surface area (Å²) >= 11 is 1.85. The fraction of sp³-hybridized carbons (Fsp3) is 0.385. The minimum Gasteiger partial charge on any atom is -0.326 e. The molecule has 2 aromatic rings. The van der Waals surface area contributed by atoms with Crippen LogP contribution in [-0.4, -0.2) is 6.04 Å². The first-order valence-electron chi connectivity index (χ1n) is 5.64. The monoisotopic (exact) mass is 234 g/mol. The maximum atomic E-state index is 5.64. The third-order valence-corrected chi connectivity index (χ3v) is 3.65. The predicted molar refractivity (Wildman–Crippen MR) is 71.7 cm³/mol. The highest BCUT2D eigenvalue weighted by Crippen LogP contribution is 2.26. The molecule has 2 rings (SSSR count). The second-order valence-corrected chi connectivity index (χ2v) is 5.49. The van der Waals surface area contributed by atoms with Gasteiger partial charge in [-0.1, -0.05) is 26.0 Å². The van der Waals surface area contributed by atoms with E-state index in [1.807, 2.05) is 11.3 Å². The van der Waals surface area contributed by atoms with Gasteiger partial charge < -0.3 is 11.1 Å². The van der Waals surface area contributed by atoms with Gasteiger partial charge in [-0.25, -0.2) is 0 Å². The third-order valence-electron chi connectivity index (χ3n) is 2.56. The van der Waals surface area contributed by atoms with Crippen LogP contribution in [0.15, 0.2) is 24.3 Å². The number of nitrogens with two attached hydrogens (primary N) is 1. The Kier molecular flexibility index (Phi) is 3.59. The van der Waals surface area contributed by atoms with E-state index in [2.05, 4.69) is 43.4 Å². The molecule has 0 atom stereocenters. The Hall–Kier alpha value is -0.900. The fourth-order valence-electron chi connectivity index (χ4n) is 1.65. The van der Waals surface area contributed by atoms with Gasteiger partial charge >= 0.3 is 0 Å². The van der Waals surface area contributed by atoms with E-state index in [1.54, 1.807) is 0 Å². The molecule has 1 heterocycles. The molecule has 0 aliphatic carbocycles. The molecule has 0 radical (unpaired) electrons. The van der Waals surface area contributed by atoms with Gasteiger partial charge in [0.25, 0.3) is 0 Å². The molecule has 0 fully saturated rings. The minimum atomic E-state index is 0.532. The summed E-state index contributed by atoms with van der Waals surface area (Å²) in [5.41, 5.74) is 6.84. The average Bonchev–Trinajstić information content (AvgIpc) is 2.67. The number of fused-ring (bicyclic) bond motifs is 1. The summed E-state index contributed by atoms with van der Waals surface area (Å²) in [4.78, 5) is 1.39. The molecule has 0 saturated carbocycles. The zero-order chi connectivity index (χ0) is 11.5. The van der Waals surface area contributed by atoms with Crippen molar-refractivity contribution in [1.29, 1.82) is 0 Å². The zero-order valence-corrected chi connectivity index (χ0v) is 10.6. The molecular weight excluding hydrogens is 216 g/mol. The highest BCUT2D eigenvalue weighted by Gasteiger charge is 2.03. The Bertz CT molecular complexity index is 474. The van der Waals surface area contributed by atoms with Crippen molar-refractivity contribution < 1.29 is 0 Å². The number of hydrogen-bond acceptors (Lipinski definition) is 3. The van der Waals surface area contributed by atoms with Gasteiger partial charge in [0.2, 0.25) is 0 Å². The van der Waals surface area contributed by atoms with E-state index in [0.29, 0.717) is 12.6 Å². The minimum absolute atomic E-state index is 0.532. The van der Waals surface area contributed by atoms with Crippen LogP contribution in [0.4, 0.5) is 0 Å². The third kappa shape index (κ3) is 2.61. The van der Waals surface area contributed by atoms with Gasteiger partial charge in [-0.05, 0) is 23.1 Å². The van der Waals surface area contributed by atoms with E-state index >= 15 is 0 Å². The molecule has 86 valence electrons. The van der Waals surface area contributed by atoms with Crippen molar-refractivity contribution in [2.45, 2.75) is 33.0 Å². The SMILES string of the molecule is CC(C)NCc1cc2ccc(CN)cc2s1. The Labute approximate surface area is 100 Å². The summed E-state index contributed by atoms with van der Waals surface area (Å²) < 4.78 is 1.34. The summed E-state index contributed by atoms with van der Waals surface area (Å²) in [5.74, 6) is 0. The van der Waals surface area contributed by atoms with E-state index in [9.17, 15) is 0 Å². The molecule has 0 aliphatic heterocycles. The van der Waals surface area contributed by atoms with Gasteiger partial charge in [-0.3, -0.25) is 0 Å². The van der Waals surface area contributed by atoms with Crippen LogP contribution in [0.25, 0.3) is 10.1 Å². The maximum Gasteiger partial charge on any atom is 0.0349 e. The predicted octanol–water partition coefficient (Wildman–Crippen LogP) is 2.86. The van der Waals surface area contributed by atoms with Crippen LogP contribution in [0.5, 0.6) is 0 Å². The van der Waals surface area contributed by atoms with Gasteiger partial charge in [-0.2, -0.15) is 0 Å². The lowest BCUT2D eigenvalue weighted by molar-refractivity contribution is 0.593. The van der Waals surface area contributed by atoms with Crippen LogP contribution >= 0.6 is 11.3 Å². The average molecular weight is 234 g/mol. The highest BCUT2D eigenvalue weighted by molar-refractivity contribution is 7.19. The Balaban J connectivity index is 2.22.